The molecule has 1 aromatic heterocycles. The smallest absolute Gasteiger partial charge is 0.257 e. The highest BCUT2D eigenvalue weighted by Gasteiger charge is 2.29. The number of aromatic nitrogens is 1. The van der Waals surface area contributed by atoms with E-state index in [0.29, 0.717) is 49.0 Å². The van der Waals surface area contributed by atoms with Gasteiger partial charge >= 0.3 is 0 Å². The van der Waals surface area contributed by atoms with Crippen molar-refractivity contribution in [2.75, 3.05) is 25.0 Å². The Kier molecular flexibility index (Phi) is 5.88. The average molecular weight is 373 g/mol. The van der Waals surface area contributed by atoms with Crippen LogP contribution in [0.2, 0.25) is 0 Å². The first-order valence-electron chi connectivity index (χ1n) is 8.82. The van der Waals surface area contributed by atoms with Crippen LogP contribution in [0.5, 0.6) is 5.75 Å². The van der Waals surface area contributed by atoms with Crippen molar-refractivity contribution in [2.24, 2.45) is 5.92 Å². The second kappa shape index (κ2) is 8.31. The molecular formula is C19H23N3O3S. The number of carbonyl (C=O) groups excluding carboxylic acids is 2. The van der Waals surface area contributed by atoms with Gasteiger partial charge < -0.3 is 15.0 Å². The second-order valence-corrected chi connectivity index (χ2v) is 7.14. The lowest BCUT2D eigenvalue weighted by atomic mass is 9.95. The number of para-hydroxylation sites is 1. The molecule has 3 rings (SSSR count). The Morgan fingerprint density at radius 3 is 2.69 bits per heavy atom. The van der Waals surface area contributed by atoms with Crippen molar-refractivity contribution >= 4 is 28.3 Å². The molecule has 2 amide bonds. The summed E-state index contributed by atoms with van der Waals surface area (Å²) >= 11 is 1.43. The molecule has 6 nitrogen and oxygen atoms in total. The van der Waals surface area contributed by atoms with Gasteiger partial charge in [-0.25, -0.2) is 4.98 Å². The molecule has 1 saturated heterocycles. The zero-order valence-electron chi connectivity index (χ0n) is 15.0. The Hall–Kier alpha value is -2.41. The van der Waals surface area contributed by atoms with Crippen molar-refractivity contribution in [1.82, 2.24) is 9.88 Å². The number of piperidine rings is 1. The molecule has 138 valence electrons. The number of carbonyl (C=O) groups is 2. The van der Waals surface area contributed by atoms with Crippen LogP contribution < -0.4 is 10.1 Å². The van der Waals surface area contributed by atoms with Crippen molar-refractivity contribution in [3.63, 3.8) is 0 Å². The predicted octanol–water partition coefficient (Wildman–Crippen LogP) is 3.34. The standard InChI is InChI=1S/C19H23N3O3S/c1-3-25-16-7-5-4-6-15(16)18(24)22-10-8-14(9-11-22)17(23)21-19-20-13(2)12-26-19/h4-7,12,14H,3,8-11H2,1-2H3,(H,20,21,23). The molecule has 2 aromatic rings. The number of nitrogens with one attached hydrogen (secondary N) is 1. The number of likely N-dealkylation sites (tertiary alicyclic amines) is 1. The Balaban J connectivity index is 1.58. The van der Waals surface area contributed by atoms with Crippen LogP contribution in [0.1, 0.15) is 35.8 Å². The highest BCUT2D eigenvalue weighted by Crippen LogP contribution is 2.25. The minimum Gasteiger partial charge on any atom is -0.493 e. The van der Waals surface area contributed by atoms with E-state index in [1.165, 1.54) is 11.3 Å². The number of hydrogen-bond donors (Lipinski definition) is 1. The Labute approximate surface area is 157 Å². The van der Waals surface area contributed by atoms with E-state index in [0.717, 1.165) is 5.69 Å². The van der Waals surface area contributed by atoms with E-state index in [1.54, 1.807) is 11.0 Å². The summed E-state index contributed by atoms with van der Waals surface area (Å²) in [5.41, 5.74) is 1.48. The largest absolute Gasteiger partial charge is 0.493 e. The van der Waals surface area contributed by atoms with E-state index < -0.39 is 0 Å². The molecule has 1 N–H and O–H groups in total. The van der Waals surface area contributed by atoms with Crippen molar-refractivity contribution in [1.29, 1.82) is 0 Å². The maximum absolute atomic E-state index is 12.8. The third kappa shape index (κ3) is 4.22. The van der Waals surface area contributed by atoms with Crippen molar-refractivity contribution < 1.29 is 14.3 Å². The van der Waals surface area contributed by atoms with E-state index in [2.05, 4.69) is 10.3 Å². The van der Waals surface area contributed by atoms with Crippen molar-refractivity contribution in [2.45, 2.75) is 26.7 Å². The number of amides is 2. The molecule has 0 spiro atoms. The summed E-state index contributed by atoms with van der Waals surface area (Å²) in [5.74, 6) is 0.467. The summed E-state index contributed by atoms with van der Waals surface area (Å²) in [7, 11) is 0. The molecular weight excluding hydrogens is 350 g/mol. The molecule has 0 atom stereocenters. The molecule has 0 bridgehead atoms. The summed E-state index contributed by atoms with van der Waals surface area (Å²) in [6, 6.07) is 7.30. The lowest BCUT2D eigenvalue weighted by Gasteiger charge is -2.31. The third-order valence-corrected chi connectivity index (χ3v) is 5.29. The number of benzene rings is 1. The van der Waals surface area contributed by atoms with Gasteiger partial charge in [-0.1, -0.05) is 12.1 Å². The fourth-order valence-corrected chi connectivity index (χ4v) is 3.75. The number of thiazole rings is 1. The quantitative estimate of drug-likeness (QED) is 0.872. The maximum atomic E-state index is 12.8. The second-order valence-electron chi connectivity index (χ2n) is 6.28. The summed E-state index contributed by atoms with van der Waals surface area (Å²) in [6.45, 7) is 5.44. The van der Waals surface area contributed by atoms with E-state index in [4.69, 9.17) is 4.74 Å². The summed E-state index contributed by atoms with van der Waals surface area (Å²) < 4.78 is 5.56. The Morgan fingerprint density at radius 1 is 1.31 bits per heavy atom. The highest BCUT2D eigenvalue weighted by atomic mass is 32.1. The zero-order valence-corrected chi connectivity index (χ0v) is 15.8. The van der Waals surface area contributed by atoms with Crippen LogP contribution >= 0.6 is 11.3 Å². The van der Waals surface area contributed by atoms with Gasteiger partial charge in [-0.15, -0.1) is 11.3 Å². The van der Waals surface area contributed by atoms with Crippen LogP contribution in [0.4, 0.5) is 5.13 Å². The molecule has 7 heteroatoms. The first-order chi connectivity index (χ1) is 12.6. The normalized spacial score (nSPS) is 14.9. The average Bonchev–Trinajstić information content (AvgIpc) is 3.07. The van der Waals surface area contributed by atoms with Gasteiger partial charge in [0, 0.05) is 24.4 Å². The highest BCUT2D eigenvalue weighted by molar-refractivity contribution is 7.13. The van der Waals surface area contributed by atoms with E-state index in [-0.39, 0.29) is 17.7 Å². The number of rotatable bonds is 5. The van der Waals surface area contributed by atoms with Crippen molar-refractivity contribution in [3.8, 4) is 5.75 Å². The number of nitrogens with zero attached hydrogens (tertiary/aromatic N) is 2. The lowest BCUT2D eigenvalue weighted by Crippen LogP contribution is -2.41. The molecule has 0 saturated carbocycles. The first kappa shape index (κ1) is 18.4. The molecule has 1 aliphatic heterocycles. The molecule has 26 heavy (non-hydrogen) atoms. The van der Waals surface area contributed by atoms with Crippen LogP contribution in [0.15, 0.2) is 29.6 Å². The molecule has 1 fully saturated rings. The van der Waals surface area contributed by atoms with Gasteiger partial charge in [0.1, 0.15) is 5.75 Å². The van der Waals surface area contributed by atoms with Gasteiger partial charge in [0.2, 0.25) is 5.91 Å². The predicted molar refractivity (Wildman–Crippen MR) is 102 cm³/mol. The van der Waals surface area contributed by atoms with Gasteiger partial charge in [-0.2, -0.15) is 0 Å². The third-order valence-electron chi connectivity index (χ3n) is 4.42. The maximum Gasteiger partial charge on any atom is 0.257 e. The van der Waals surface area contributed by atoms with E-state index >= 15 is 0 Å². The molecule has 2 heterocycles. The molecule has 0 aliphatic carbocycles. The number of aryl methyl sites for hydroxylation is 1. The summed E-state index contributed by atoms with van der Waals surface area (Å²) in [4.78, 5) is 31.3. The number of ether oxygens (including phenoxy) is 1. The fourth-order valence-electron chi connectivity index (χ4n) is 3.06. The monoisotopic (exact) mass is 373 g/mol. The minimum atomic E-state index is -0.0922. The van der Waals surface area contributed by atoms with Crippen LogP contribution in [-0.4, -0.2) is 41.4 Å². The van der Waals surface area contributed by atoms with Crippen LogP contribution in [0.25, 0.3) is 0 Å². The van der Waals surface area contributed by atoms with Gasteiger partial charge in [0.15, 0.2) is 5.13 Å². The number of anilines is 1. The Morgan fingerprint density at radius 2 is 2.04 bits per heavy atom. The van der Waals surface area contributed by atoms with Crippen LogP contribution in [0.3, 0.4) is 0 Å². The first-order valence-corrected chi connectivity index (χ1v) is 9.70. The van der Waals surface area contributed by atoms with E-state index in [1.807, 2.05) is 37.4 Å². The summed E-state index contributed by atoms with van der Waals surface area (Å²) in [5, 5.41) is 5.42. The Bertz CT molecular complexity index is 782. The zero-order chi connectivity index (χ0) is 18.5. The SMILES string of the molecule is CCOc1ccccc1C(=O)N1CCC(C(=O)Nc2nc(C)cs2)CC1. The van der Waals surface area contributed by atoms with Gasteiger partial charge in [0.05, 0.1) is 17.9 Å². The molecule has 1 aliphatic rings. The van der Waals surface area contributed by atoms with Crippen LogP contribution in [-0.2, 0) is 4.79 Å². The fraction of sp³-hybridized carbons (Fsp3) is 0.421. The van der Waals surface area contributed by atoms with E-state index in [9.17, 15) is 9.59 Å². The molecule has 1 aromatic carbocycles. The number of hydrogen-bond acceptors (Lipinski definition) is 5. The van der Waals surface area contributed by atoms with Gasteiger partial charge in [-0.3, -0.25) is 9.59 Å². The summed E-state index contributed by atoms with van der Waals surface area (Å²) in [6.07, 6.45) is 1.30. The van der Waals surface area contributed by atoms with Gasteiger partial charge in [0.25, 0.3) is 5.91 Å². The topological polar surface area (TPSA) is 71.5 Å². The molecule has 0 unspecified atom stereocenters. The lowest BCUT2D eigenvalue weighted by molar-refractivity contribution is -0.121. The minimum absolute atomic E-state index is 0.0128. The molecule has 0 radical (unpaired) electrons. The van der Waals surface area contributed by atoms with Crippen LogP contribution in [0, 0.1) is 12.8 Å². The van der Waals surface area contributed by atoms with Crippen molar-refractivity contribution in [3.05, 3.63) is 40.9 Å². The van der Waals surface area contributed by atoms with Gasteiger partial charge in [-0.05, 0) is 38.8 Å².